The molecule has 7 rings (SSSR count). The largest absolute Gasteiger partial charge is 0.493 e. The summed E-state index contributed by atoms with van der Waals surface area (Å²) in [5.74, 6) is 1.28. The van der Waals surface area contributed by atoms with Gasteiger partial charge in [-0.2, -0.15) is 8.42 Å². The summed E-state index contributed by atoms with van der Waals surface area (Å²) < 4.78 is 45.6. The van der Waals surface area contributed by atoms with Crippen LogP contribution in [0, 0.1) is 0 Å². The first-order chi connectivity index (χ1) is 23.4. The average molecular weight is 661 g/mol. The van der Waals surface area contributed by atoms with Crippen LogP contribution in [0.5, 0.6) is 11.5 Å². The van der Waals surface area contributed by atoms with Gasteiger partial charge in [0.15, 0.2) is 0 Å². The first-order valence-corrected chi connectivity index (χ1v) is 18.4. The van der Waals surface area contributed by atoms with Crippen LogP contribution in [-0.4, -0.2) is 37.0 Å². The predicted octanol–water partition coefficient (Wildman–Crippen LogP) is 9.10. The number of para-hydroxylation sites is 4. The molecule has 0 amide bonds. The third-order valence-electron chi connectivity index (χ3n) is 8.83. The van der Waals surface area contributed by atoms with Crippen molar-refractivity contribution < 1.29 is 22.1 Å². The second kappa shape index (κ2) is 14.1. The Balaban J connectivity index is 0.961. The molecular formula is C40H40N2O5S. The van der Waals surface area contributed by atoms with Crippen LogP contribution in [0.3, 0.4) is 0 Å². The molecule has 7 aromatic rings. The number of hydrogen-bond acceptors (Lipinski definition) is 5. The molecule has 0 atom stereocenters. The summed E-state index contributed by atoms with van der Waals surface area (Å²) in [5.41, 5.74) is 5.67. The van der Waals surface area contributed by atoms with Gasteiger partial charge in [-0.15, -0.1) is 0 Å². The minimum Gasteiger partial charge on any atom is -0.493 e. The van der Waals surface area contributed by atoms with Crippen molar-refractivity contribution in [2.75, 3.05) is 19.5 Å². The molecule has 48 heavy (non-hydrogen) atoms. The zero-order valence-corrected chi connectivity index (χ0v) is 28.0. The molecule has 0 bridgehead atoms. The zero-order valence-electron chi connectivity index (χ0n) is 27.2. The van der Waals surface area contributed by atoms with Gasteiger partial charge in [0.1, 0.15) is 11.5 Å². The van der Waals surface area contributed by atoms with E-state index in [-0.39, 0.29) is 6.61 Å². The van der Waals surface area contributed by atoms with Gasteiger partial charge < -0.3 is 18.6 Å². The van der Waals surface area contributed by atoms with Crippen LogP contribution in [-0.2, 0) is 34.0 Å². The van der Waals surface area contributed by atoms with Gasteiger partial charge in [0.2, 0.25) is 0 Å². The lowest BCUT2D eigenvalue weighted by Crippen LogP contribution is -2.06. The molecule has 0 aliphatic heterocycles. The number of fused-ring (bicyclic) bond motifs is 6. The number of hydrogen-bond donors (Lipinski definition) is 0. The quantitative estimate of drug-likeness (QED) is 0.0811. The van der Waals surface area contributed by atoms with Gasteiger partial charge in [0.05, 0.1) is 26.1 Å². The number of ether oxygens (including phenoxy) is 2. The number of aromatic nitrogens is 2. The fourth-order valence-corrected chi connectivity index (χ4v) is 7.02. The van der Waals surface area contributed by atoms with Gasteiger partial charge in [-0.1, -0.05) is 72.8 Å². The fraction of sp³-hybridized carbons (Fsp3) is 0.250. The highest BCUT2D eigenvalue weighted by Gasteiger charge is 2.12. The Kier molecular flexibility index (Phi) is 9.36. The molecule has 2 aromatic heterocycles. The van der Waals surface area contributed by atoms with E-state index in [0.717, 1.165) is 45.0 Å². The van der Waals surface area contributed by atoms with Crippen LogP contribution < -0.4 is 9.47 Å². The van der Waals surface area contributed by atoms with Crippen LogP contribution in [0.4, 0.5) is 0 Å². The lowest BCUT2D eigenvalue weighted by atomic mass is 10.2. The van der Waals surface area contributed by atoms with E-state index in [1.807, 2.05) is 18.2 Å². The van der Waals surface area contributed by atoms with Gasteiger partial charge >= 0.3 is 0 Å². The lowest BCUT2D eigenvalue weighted by Gasteiger charge is -2.13. The van der Waals surface area contributed by atoms with Gasteiger partial charge in [-0.05, 0) is 67.6 Å². The van der Waals surface area contributed by atoms with Crippen LogP contribution in [0.1, 0.15) is 31.2 Å². The van der Waals surface area contributed by atoms with Crippen LogP contribution in [0.25, 0.3) is 43.6 Å². The molecule has 0 saturated heterocycles. The molecule has 5 aromatic carbocycles. The van der Waals surface area contributed by atoms with Gasteiger partial charge in [-0.3, -0.25) is 4.18 Å². The molecule has 0 aliphatic rings. The summed E-state index contributed by atoms with van der Waals surface area (Å²) >= 11 is 0. The number of aryl methyl sites for hydroxylation is 2. The van der Waals surface area contributed by atoms with E-state index in [1.54, 1.807) is 0 Å². The van der Waals surface area contributed by atoms with E-state index in [4.69, 9.17) is 13.7 Å². The first-order valence-electron chi connectivity index (χ1n) is 16.6. The normalized spacial score (nSPS) is 12.0. The maximum Gasteiger partial charge on any atom is 0.264 e. The molecule has 0 aliphatic carbocycles. The maximum atomic E-state index is 11.7. The molecular weight excluding hydrogens is 621 g/mol. The van der Waals surface area contributed by atoms with Crippen LogP contribution in [0.15, 0.2) is 115 Å². The van der Waals surface area contributed by atoms with Crippen molar-refractivity contribution in [2.45, 2.75) is 45.4 Å². The maximum absolute atomic E-state index is 11.7. The van der Waals surface area contributed by atoms with E-state index in [1.165, 1.54) is 43.6 Å². The molecule has 7 nitrogen and oxygen atoms in total. The van der Waals surface area contributed by atoms with Crippen LogP contribution in [0.2, 0.25) is 0 Å². The highest BCUT2D eigenvalue weighted by molar-refractivity contribution is 7.85. The Morgan fingerprint density at radius 2 is 0.896 bits per heavy atom. The molecule has 8 heteroatoms. The minimum absolute atomic E-state index is 0.0754. The Morgan fingerprint density at radius 3 is 1.27 bits per heavy atom. The Morgan fingerprint density at radius 1 is 0.521 bits per heavy atom. The summed E-state index contributed by atoms with van der Waals surface area (Å²) in [7, 11) is -3.59. The monoisotopic (exact) mass is 660 g/mol. The van der Waals surface area contributed by atoms with Gasteiger partial charge in [0.25, 0.3) is 10.1 Å². The highest BCUT2D eigenvalue weighted by Crippen LogP contribution is 2.31. The van der Waals surface area contributed by atoms with E-state index >= 15 is 0 Å². The van der Waals surface area contributed by atoms with Crippen molar-refractivity contribution in [3.63, 3.8) is 0 Å². The molecule has 0 N–H and O–H groups in total. The van der Waals surface area contributed by atoms with Crippen molar-refractivity contribution in [3.8, 4) is 11.5 Å². The smallest absolute Gasteiger partial charge is 0.264 e. The van der Waals surface area contributed by atoms with E-state index in [9.17, 15) is 8.42 Å². The number of unbranched alkanes of at least 4 members (excludes halogenated alkanes) is 2. The molecule has 0 spiro atoms. The molecule has 2 heterocycles. The van der Waals surface area contributed by atoms with Crippen molar-refractivity contribution >= 4 is 53.7 Å². The van der Waals surface area contributed by atoms with Crippen molar-refractivity contribution in [3.05, 3.63) is 121 Å². The number of benzene rings is 5. The fourth-order valence-electron chi connectivity index (χ4n) is 6.67. The Bertz CT molecular complexity index is 2060. The zero-order chi connectivity index (χ0) is 32.9. The highest BCUT2D eigenvalue weighted by atomic mass is 32.2. The molecule has 0 radical (unpaired) electrons. The van der Waals surface area contributed by atoms with E-state index in [2.05, 4.69) is 106 Å². The first kappa shape index (κ1) is 31.8. The lowest BCUT2D eigenvalue weighted by molar-refractivity contribution is 0.283. The summed E-state index contributed by atoms with van der Waals surface area (Å²) in [6, 6.07) is 39.7. The Hall–Kier alpha value is -4.79. The summed E-state index contributed by atoms with van der Waals surface area (Å²) in [5, 5.41) is 5.10. The summed E-state index contributed by atoms with van der Waals surface area (Å²) in [6.45, 7) is 2.77. The second-order valence-electron chi connectivity index (χ2n) is 12.3. The molecule has 246 valence electrons. The SMILES string of the molecule is CS(=O)(=O)OCc1cc(OCCCCn2c3ccccc3c3ccccc32)cc(OCCCCn2c3ccccc3c3ccccc32)c1. The topological polar surface area (TPSA) is 71.7 Å². The molecule has 0 saturated carbocycles. The third-order valence-corrected chi connectivity index (χ3v) is 9.37. The van der Waals surface area contributed by atoms with E-state index < -0.39 is 10.1 Å². The average Bonchev–Trinajstić information content (AvgIpc) is 3.59. The van der Waals surface area contributed by atoms with Crippen molar-refractivity contribution in [1.29, 1.82) is 0 Å². The summed E-state index contributed by atoms with van der Waals surface area (Å²) in [4.78, 5) is 0. The van der Waals surface area contributed by atoms with Crippen molar-refractivity contribution in [1.82, 2.24) is 9.13 Å². The predicted molar refractivity (Wildman–Crippen MR) is 194 cm³/mol. The van der Waals surface area contributed by atoms with Gasteiger partial charge in [-0.25, -0.2) is 0 Å². The summed E-state index contributed by atoms with van der Waals surface area (Å²) in [6.07, 6.45) is 4.69. The second-order valence-corrected chi connectivity index (χ2v) is 13.9. The standard InChI is InChI=1S/C40H40N2O5S/c1-48(43,44)47-29-30-26-31(45-24-12-10-22-41-37-18-6-2-14-33(37)34-15-3-7-19-38(34)41)28-32(27-30)46-25-13-11-23-42-39-20-8-4-16-35(39)36-17-5-9-21-40(36)42/h2-9,14-21,26-28H,10-13,22-25,29H2,1H3. The van der Waals surface area contributed by atoms with E-state index in [0.29, 0.717) is 30.3 Å². The van der Waals surface area contributed by atoms with Gasteiger partial charge in [0, 0.05) is 62.8 Å². The molecule has 0 unspecified atom stereocenters. The number of nitrogens with zero attached hydrogens (tertiary/aromatic N) is 2. The Labute approximate surface area is 281 Å². The van der Waals surface area contributed by atoms with Crippen LogP contribution >= 0.6 is 0 Å². The number of rotatable bonds is 15. The minimum atomic E-state index is -3.59. The van der Waals surface area contributed by atoms with Crippen molar-refractivity contribution in [2.24, 2.45) is 0 Å². The third kappa shape index (κ3) is 7.05. The molecule has 0 fully saturated rings.